The molecule has 33 heavy (non-hydrogen) atoms. The van der Waals surface area contributed by atoms with Crippen molar-refractivity contribution in [2.45, 2.75) is 45.8 Å². The Hall–Kier alpha value is -2.76. The van der Waals surface area contributed by atoms with Crippen molar-refractivity contribution in [3.8, 4) is 5.75 Å². The molecule has 3 aromatic carbocycles. The minimum atomic E-state index is -0.764. The van der Waals surface area contributed by atoms with Crippen LogP contribution in [0.5, 0.6) is 5.75 Å². The monoisotopic (exact) mass is 486 g/mol. The van der Waals surface area contributed by atoms with Crippen LogP contribution in [0.4, 0.5) is 0 Å². The Morgan fingerprint density at radius 2 is 1.58 bits per heavy atom. The SMILES string of the molecule is C[C@@H](C(=O)NC(C)(C)C)N(Cc1c(Cl)cccc1Cl)C(=O)COc1cccc2ccccc12. The molecule has 0 fully saturated rings. The summed E-state index contributed by atoms with van der Waals surface area (Å²) in [5.41, 5.74) is 0.136. The second-order valence-corrected chi connectivity index (χ2v) is 9.72. The predicted molar refractivity (Wildman–Crippen MR) is 134 cm³/mol. The minimum Gasteiger partial charge on any atom is -0.483 e. The van der Waals surface area contributed by atoms with Gasteiger partial charge in [0.05, 0.1) is 0 Å². The number of hydrogen-bond donors (Lipinski definition) is 1. The van der Waals surface area contributed by atoms with Gasteiger partial charge in [-0.2, -0.15) is 0 Å². The first kappa shape index (κ1) is 24.9. The lowest BCUT2D eigenvalue weighted by atomic mass is 10.1. The Balaban J connectivity index is 1.85. The summed E-state index contributed by atoms with van der Waals surface area (Å²) in [4.78, 5) is 27.7. The molecule has 0 aliphatic rings. The van der Waals surface area contributed by atoms with E-state index in [1.165, 1.54) is 4.90 Å². The normalized spacial score (nSPS) is 12.3. The van der Waals surface area contributed by atoms with Gasteiger partial charge in [-0.1, -0.05) is 65.7 Å². The first-order chi connectivity index (χ1) is 15.6. The standard InChI is InChI=1S/C26H28Cl2N2O3/c1-17(25(32)29-26(2,3)4)30(15-20-21(27)12-8-13-22(20)28)24(31)16-33-23-14-7-10-18-9-5-6-11-19(18)23/h5-14,17H,15-16H2,1-4H3,(H,29,32)/t17-/m0/s1. The van der Waals surface area contributed by atoms with Crippen molar-refractivity contribution in [1.82, 2.24) is 10.2 Å². The Kier molecular flexibility index (Phi) is 7.88. The highest BCUT2D eigenvalue weighted by atomic mass is 35.5. The van der Waals surface area contributed by atoms with Gasteiger partial charge in [0.1, 0.15) is 11.8 Å². The molecule has 3 rings (SSSR count). The highest BCUT2D eigenvalue weighted by Gasteiger charge is 2.29. The van der Waals surface area contributed by atoms with Gasteiger partial charge in [-0.25, -0.2) is 0 Å². The highest BCUT2D eigenvalue weighted by molar-refractivity contribution is 6.36. The van der Waals surface area contributed by atoms with E-state index >= 15 is 0 Å². The molecule has 0 aromatic heterocycles. The maximum atomic E-state index is 13.3. The molecule has 3 aromatic rings. The van der Waals surface area contributed by atoms with Crippen LogP contribution >= 0.6 is 23.2 Å². The van der Waals surface area contributed by atoms with E-state index in [4.69, 9.17) is 27.9 Å². The topological polar surface area (TPSA) is 58.6 Å². The van der Waals surface area contributed by atoms with E-state index in [2.05, 4.69) is 5.32 Å². The van der Waals surface area contributed by atoms with E-state index in [0.29, 0.717) is 21.4 Å². The van der Waals surface area contributed by atoms with Gasteiger partial charge in [0, 0.05) is 33.1 Å². The average Bonchev–Trinajstić information content (AvgIpc) is 2.75. The Morgan fingerprint density at radius 1 is 0.970 bits per heavy atom. The largest absolute Gasteiger partial charge is 0.483 e. The molecule has 1 N–H and O–H groups in total. The lowest BCUT2D eigenvalue weighted by Gasteiger charge is -2.31. The number of rotatable bonds is 7. The fourth-order valence-corrected chi connectivity index (χ4v) is 3.97. The van der Waals surface area contributed by atoms with Crippen LogP contribution in [-0.4, -0.2) is 34.9 Å². The zero-order valence-corrected chi connectivity index (χ0v) is 20.7. The van der Waals surface area contributed by atoms with E-state index in [9.17, 15) is 9.59 Å². The zero-order valence-electron chi connectivity index (χ0n) is 19.2. The molecule has 0 heterocycles. The molecule has 7 heteroatoms. The first-order valence-corrected chi connectivity index (χ1v) is 11.5. The number of fused-ring (bicyclic) bond motifs is 1. The number of ether oxygens (including phenoxy) is 1. The predicted octanol–water partition coefficient (Wildman–Crippen LogP) is 5.86. The van der Waals surface area contributed by atoms with Crippen LogP contribution < -0.4 is 10.1 Å². The summed E-state index contributed by atoms with van der Waals surface area (Å²) in [6.45, 7) is 7.19. The third kappa shape index (κ3) is 6.40. The minimum absolute atomic E-state index is 0.0783. The summed E-state index contributed by atoms with van der Waals surface area (Å²) >= 11 is 12.7. The quantitative estimate of drug-likeness (QED) is 0.455. The highest BCUT2D eigenvalue weighted by Crippen LogP contribution is 2.28. The molecule has 0 saturated heterocycles. The number of nitrogens with one attached hydrogen (secondary N) is 1. The van der Waals surface area contributed by atoms with E-state index < -0.39 is 11.6 Å². The zero-order chi connectivity index (χ0) is 24.2. The van der Waals surface area contributed by atoms with Crippen LogP contribution in [0, 0.1) is 0 Å². The van der Waals surface area contributed by atoms with Gasteiger partial charge in [0.15, 0.2) is 6.61 Å². The molecule has 0 radical (unpaired) electrons. The molecule has 2 amide bonds. The maximum absolute atomic E-state index is 13.3. The van der Waals surface area contributed by atoms with E-state index in [1.807, 2.05) is 63.2 Å². The van der Waals surface area contributed by atoms with Crippen molar-refractivity contribution in [2.24, 2.45) is 0 Å². The van der Waals surface area contributed by atoms with Crippen molar-refractivity contribution >= 4 is 45.8 Å². The van der Waals surface area contributed by atoms with Gasteiger partial charge in [-0.3, -0.25) is 9.59 Å². The summed E-state index contributed by atoms with van der Waals surface area (Å²) in [6.07, 6.45) is 0. The fraction of sp³-hybridized carbons (Fsp3) is 0.308. The van der Waals surface area contributed by atoms with Crippen molar-refractivity contribution in [2.75, 3.05) is 6.61 Å². The maximum Gasteiger partial charge on any atom is 0.261 e. The van der Waals surface area contributed by atoms with Crippen molar-refractivity contribution < 1.29 is 14.3 Å². The second kappa shape index (κ2) is 10.4. The van der Waals surface area contributed by atoms with E-state index in [1.54, 1.807) is 25.1 Å². The van der Waals surface area contributed by atoms with Crippen molar-refractivity contribution in [1.29, 1.82) is 0 Å². The molecule has 0 saturated carbocycles. The van der Waals surface area contributed by atoms with Gasteiger partial charge in [-0.15, -0.1) is 0 Å². The van der Waals surface area contributed by atoms with Crippen LogP contribution in [0.3, 0.4) is 0 Å². The number of nitrogens with zero attached hydrogens (tertiary/aromatic N) is 1. The van der Waals surface area contributed by atoms with Gasteiger partial charge < -0.3 is 15.0 Å². The molecule has 5 nitrogen and oxygen atoms in total. The molecule has 0 bridgehead atoms. The first-order valence-electron chi connectivity index (χ1n) is 10.7. The van der Waals surface area contributed by atoms with Crippen molar-refractivity contribution in [3.63, 3.8) is 0 Å². The molecular formula is C26H28Cl2N2O3. The molecule has 1 atom stereocenters. The fourth-order valence-electron chi connectivity index (χ4n) is 3.45. The summed E-state index contributed by atoms with van der Waals surface area (Å²) in [7, 11) is 0. The molecule has 0 unspecified atom stereocenters. The number of amides is 2. The third-order valence-corrected chi connectivity index (χ3v) is 5.86. The number of carbonyl (C=O) groups is 2. The summed E-state index contributed by atoms with van der Waals surface area (Å²) in [5, 5.41) is 5.71. The summed E-state index contributed by atoms with van der Waals surface area (Å²) in [6, 6.07) is 17.8. The lowest BCUT2D eigenvalue weighted by molar-refractivity contribution is -0.142. The molecule has 174 valence electrons. The van der Waals surface area contributed by atoms with Crippen LogP contribution in [-0.2, 0) is 16.1 Å². The number of halogens is 2. The number of carbonyl (C=O) groups excluding carboxylic acids is 2. The van der Waals surface area contributed by atoms with Crippen LogP contribution in [0.2, 0.25) is 10.0 Å². The Bertz CT molecular complexity index is 1130. The molecule has 0 spiro atoms. The average molecular weight is 487 g/mol. The van der Waals surface area contributed by atoms with Crippen molar-refractivity contribution in [3.05, 3.63) is 76.3 Å². The summed E-state index contributed by atoms with van der Waals surface area (Å²) < 4.78 is 5.90. The Labute approximate surface area is 204 Å². The van der Waals surface area contributed by atoms with Crippen LogP contribution in [0.25, 0.3) is 10.8 Å². The smallest absolute Gasteiger partial charge is 0.261 e. The van der Waals surface area contributed by atoms with Gasteiger partial charge in [0.2, 0.25) is 5.91 Å². The molecule has 0 aliphatic heterocycles. The number of benzene rings is 3. The molecular weight excluding hydrogens is 459 g/mol. The van der Waals surface area contributed by atoms with Gasteiger partial charge in [0.25, 0.3) is 5.91 Å². The van der Waals surface area contributed by atoms with E-state index in [0.717, 1.165) is 10.8 Å². The van der Waals surface area contributed by atoms with Crippen LogP contribution in [0.1, 0.15) is 33.3 Å². The molecule has 0 aliphatic carbocycles. The van der Waals surface area contributed by atoms with Gasteiger partial charge >= 0.3 is 0 Å². The lowest BCUT2D eigenvalue weighted by Crippen LogP contribution is -2.53. The van der Waals surface area contributed by atoms with E-state index in [-0.39, 0.29) is 25.0 Å². The van der Waals surface area contributed by atoms with Crippen LogP contribution in [0.15, 0.2) is 60.7 Å². The Morgan fingerprint density at radius 3 is 2.24 bits per heavy atom. The second-order valence-electron chi connectivity index (χ2n) is 8.90. The number of hydrogen-bond acceptors (Lipinski definition) is 3. The summed E-state index contributed by atoms with van der Waals surface area (Å²) in [5.74, 6) is -0.0244. The van der Waals surface area contributed by atoms with Gasteiger partial charge in [-0.05, 0) is 51.3 Å². The third-order valence-electron chi connectivity index (χ3n) is 5.16.